The van der Waals surface area contributed by atoms with E-state index in [0.717, 1.165) is 28.4 Å². The van der Waals surface area contributed by atoms with Crippen LogP contribution in [0.3, 0.4) is 0 Å². The highest BCUT2D eigenvalue weighted by Crippen LogP contribution is 2.28. The van der Waals surface area contributed by atoms with E-state index in [9.17, 15) is 0 Å². The molecule has 0 radical (unpaired) electrons. The number of ether oxygens (including phenoxy) is 3. The van der Waals surface area contributed by atoms with Crippen molar-refractivity contribution in [2.75, 3.05) is 7.11 Å². The lowest BCUT2D eigenvalue weighted by atomic mass is 10.2. The van der Waals surface area contributed by atoms with Crippen molar-refractivity contribution in [3.05, 3.63) is 90.0 Å². The minimum atomic E-state index is 0.482. The van der Waals surface area contributed by atoms with Gasteiger partial charge in [0.15, 0.2) is 11.5 Å². The van der Waals surface area contributed by atoms with Crippen molar-refractivity contribution in [3.8, 4) is 17.2 Å². The zero-order valence-electron chi connectivity index (χ0n) is 13.6. The van der Waals surface area contributed by atoms with Crippen molar-refractivity contribution in [2.24, 2.45) is 0 Å². The Balaban J connectivity index is 1.63. The molecule has 0 aliphatic rings. The van der Waals surface area contributed by atoms with Gasteiger partial charge in [-0.05, 0) is 35.4 Å². The van der Waals surface area contributed by atoms with Crippen molar-refractivity contribution in [2.45, 2.75) is 13.2 Å². The molecule has 3 rings (SSSR count). The SMILES string of the molecule is COc1ccc(COc2ccccc2OCc2ccccc2)cc1. The maximum absolute atomic E-state index is 5.92. The van der Waals surface area contributed by atoms with E-state index in [4.69, 9.17) is 14.2 Å². The fourth-order valence-electron chi connectivity index (χ4n) is 2.31. The van der Waals surface area contributed by atoms with Crippen molar-refractivity contribution in [1.29, 1.82) is 0 Å². The molecule has 3 aromatic carbocycles. The lowest BCUT2D eigenvalue weighted by Crippen LogP contribution is -2.00. The van der Waals surface area contributed by atoms with Crippen LogP contribution in [-0.4, -0.2) is 7.11 Å². The van der Waals surface area contributed by atoms with Crippen LogP contribution in [0.4, 0.5) is 0 Å². The lowest BCUT2D eigenvalue weighted by molar-refractivity contribution is 0.256. The molecule has 0 N–H and O–H groups in total. The highest BCUT2D eigenvalue weighted by atomic mass is 16.5. The molecule has 0 spiro atoms. The summed E-state index contributed by atoms with van der Waals surface area (Å²) in [7, 11) is 1.66. The lowest BCUT2D eigenvalue weighted by Gasteiger charge is -2.13. The van der Waals surface area contributed by atoms with Gasteiger partial charge in [-0.25, -0.2) is 0 Å². The fraction of sp³-hybridized carbons (Fsp3) is 0.143. The highest BCUT2D eigenvalue weighted by Gasteiger charge is 2.05. The van der Waals surface area contributed by atoms with Crippen LogP contribution in [0.2, 0.25) is 0 Å². The third-order valence-electron chi connectivity index (χ3n) is 3.64. The number of methoxy groups -OCH3 is 1. The molecule has 0 atom stereocenters. The molecule has 24 heavy (non-hydrogen) atoms. The first-order valence-corrected chi connectivity index (χ1v) is 7.86. The second kappa shape index (κ2) is 8.06. The van der Waals surface area contributed by atoms with Crippen LogP contribution in [0.1, 0.15) is 11.1 Å². The molecule has 3 nitrogen and oxygen atoms in total. The Labute approximate surface area is 142 Å². The summed E-state index contributed by atoms with van der Waals surface area (Å²) in [5.74, 6) is 2.32. The Morgan fingerprint density at radius 2 is 1.08 bits per heavy atom. The van der Waals surface area contributed by atoms with Crippen LogP contribution < -0.4 is 14.2 Å². The second-order valence-electron chi connectivity index (χ2n) is 5.36. The van der Waals surface area contributed by atoms with Gasteiger partial charge in [-0.1, -0.05) is 54.6 Å². The third-order valence-corrected chi connectivity index (χ3v) is 3.64. The van der Waals surface area contributed by atoms with E-state index >= 15 is 0 Å². The topological polar surface area (TPSA) is 27.7 Å². The minimum Gasteiger partial charge on any atom is -0.497 e. The van der Waals surface area contributed by atoms with E-state index in [1.165, 1.54) is 0 Å². The Bertz CT molecular complexity index is 752. The van der Waals surface area contributed by atoms with E-state index in [1.807, 2.05) is 78.9 Å². The molecule has 122 valence electrons. The Kier molecular flexibility index (Phi) is 5.36. The van der Waals surface area contributed by atoms with Crippen LogP contribution in [0.25, 0.3) is 0 Å². The van der Waals surface area contributed by atoms with Gasteiger partial charge in [-0.3, -0.25) is 0 Å². The molecule has 0 amide bonds. The summed E-state index contributed by atoms with van der Waals surface area (Å²) in [6.07, 6.45) is 0. The number of benzene rings is 3. The Hall–Kier alpha value is -2.94. The predicted octanol–water partition coefficient (Wildman–Crippen LogP) is 4.85. The van der Waals surface area contributed by atoms with Gasteiger partial charge in [0.1, 0.15) is 19.0 Å². The van der Waals surface area contributed by atoms with Crippen molar-refractivity contribution in [3.63, 3.8) is 0 Å². The van der Waals surface area contributed by atoms with Gasteiger partial charge in [0, 0.05) is 0 Å². The molecule has 0 unspecified atom stereocenters. The van der Waals surface area contributed by atoms with Crippen LogP contribution in [-0.2, 0) is 13.2 Å². The molecule has 0 saturated carbocycles. The number of hydrogen-bond acceptors (Lipinski definition) is 3. The van der Waals surface area contributed by atoms with E-state index < -0.39 is 0 Å². The summed E-state index contributed by atoms with van der Waals surface area (Å²) < 4.78 is 17.0. The average Bonchev–Trinajstić information content (AvgIpc) is 2.66. The standard InChI is InChI=1S/C21H20O3/c1-22-19-13-11-18(12-14-19)16-24-21-10-6-5-9-20(21)23-15-17-7-3-2-4-8-17/h2-14H,15-16H2,1H3. The smallest absolute Gasteiger partial charge is 0.161 e. The van der Waals surface area contributed by atoms with Gasteiger partial charge < -0.3 is 14.2 Å². The maximum atomic E-state index is 5.92. The van der Waals surface area contributed by atoms with E-state index in [2.05, 4.69) is 0 Å². The second-order valence-corrected chi connectivity index (χ2v) is 5.36. The average molecular weight is 320 g/mol. The first kappa shape index (κ1) is 15.9. The largest absolute Gasteiger partial charge is 0.497 e. The minimum absolute atomic E-state index is 0.482. The van der Waals surface area contributed by atoms with Gasteiger partial charge >= 0.3 is 0 Å². The zero-order chi connectivity index (χ0) is 16.6. The molecule has 0 aliphatic heterocycles. The Morgan fingerprint density at radius 1 is 0.583 bits per heavy atom. The molecule has 0 bridgehead atoms. The van der Waals surface area contributed by atoms with Crippen LogP contribution in [0.5, 0.6) is 17.2 Å². The first-order valence-electron chi connectivity index (χ1n) is 7.86. The summed E-state index contributed by atoms with van der Waals surface area (Å²) in [6, 6.07) is 25.7. The van der Waals surface area contributed by atoms with Crippen molar-refractivity contribution in [1.82, 2.24) is 0 Å². The third kappa shape index (κ3) is 4.29. The van der Waals surface area contributed by atoms with Crippen LogP contribution in [0, 0.1) is 0 Å². The molecule has 0 saturated heterocycles. The van der Waals surface area contributed by atoms with Crippen LogP contribution in [0.15, 0.2) is 78.9 Å². The first-order chi connectivity index (χ1) is 11.8. The normalized spacial score (nSPS) is 10.2. The number of para-hydroxylation sites is 2. The van der Waals surface area contributed by atoms with Gasteiger partial charge in [-0.15, -0.1) is 0 Å². The number of rotatable bonds is 7. The van der Waals surface area contributed by atoms with Gasteiger partial charge in [0.2, 0.25) is 0 Å². The Morgan fingerprint density at radius 3 is 1.62 bits per heavy atom. The molecular formula is C21H20O3. The monoisotopic (exact) mass is 320 g/mol. The molecule has 0 aliphatic carbocycles. The summed E-state index contributed by atoms with van der Waals surface area (Å²) in [5, 5.41) is 0. The molecule has 0 aromatic heterocycles. The molecule has 0 heterocycles. The van der Waals surface area contributed by atoms with E-state index in [1.54, 1.807) is 7.11 Å². The van der Waals surface area contributed by atoms with Gasteiger partial charge in [0.05, 0.1) is 7.11 Å². The summed E-state index contributed by atoms with van der Waals surface area (Å²) in [5.41, 5.74) is 2.20. The van der Waals surface area contributed by atoms with E-state index in [-0.39, 0.29) is 0 Å². The quantitative estimate of drug-likeness (QED) is 0.622. The fourth-order valence-corrected chi connectivity index (χ4v) is 2.31. The molecule has 3 aromatic rings. The van der Waals surface area contributed by atoms with Crippen molar-refractivity contribution < 1.29 is 14.2 Å². The number of hydrogen-bond donors (Lipinski definition) is 0. The highest BCUT2D eigenvalue weighted by molar-refractivity contribution is 5.40. The zero-order valence-corrected chi connectivity index (χ0v) is 13.6. The molecule has 3 heteroatoms. The van der Waals surface area contributed by atoms with Gasteiger partial charge in [0.25, 0.3) is 0 Å². The predicted molar refractivity (Wildman–Crippen MR) is 94.5 cm³/mol. The van der Waals surface area contributed by atoms with E-state index in [0.29, 0.717) is 13.2 Å². The summed E-state index contributed by atoms with van der Waals surface area (Å²) >= 11 is 0. The van der Waals surface area contributed by atoms with Crippen molar-refractivity contribution >= 4 is 0 Å². The van der Waals surface area contributed by atoms with Gasteiger partial charge in [-0.2, -0.15) is 0 Å². The summed E-state index contributed by atoms with van der Waals surface area (Å²) in [6.45, 7) is 0.999. The molecule has 0 fully saturated rings. The maximum Gasteiger partial charge on any atom is 0.161 e. The summed E-state index contributed by atoms with van der Waals surface area (Å²) in [4.78, 5) is 0. The molecular weight excluding hydrogens is 300 g/mol. The van der Waals surface area contributed by atoms with Crippen LogP contribution >= 0.6 is 0 Å².